The largest absolute Gasteiger partial charge is 0.373 e. The maximum atomic E-state index is 11.7. The van der Waals surface area contributed by atoms with Crippen molar-refractivity contribution in [3.05, 3.63) is 66.5 Å². The average molecular weight is 398 g/mol. The summed E-state index contributed by atoms with van der Waals surface area (Å²) in [6, 6.07) is 16.4. The van der Waals surface area contributed by atoms with Crippen molar-refractivity contribution < 1.29 is 4.79 Å². The van der Waals surface area contributed by atoms with E-state index in [9.17, 15) is 4.79 Å². The van der Waals surface area contributed by atoms with Crippen LogP contribution in [-0.4, -0.2) is 33.5 Å². The molecule has 3 heterocycles. The lowest BCUT2D eigenvalue weighted by molar-refractivity contribution is -0.116. The van der Waals surface area contributed by atoms with E-state index < -0.39 is 0 Å². The molecule has 1 aliphatic rings. The molecule has 29 heavy (non-hydrogen) atoms. The summed E-state index contributed by atoms with van der Waals surface area (Å²) in [7, 11) is 1.87. The summed E-state index contributed by atoms with van der Waals surface area (Å²) in [6.07, 6.45) is 4.04. The van der Waals surface area contributed by atoms with Gasteiger partial charge in [0.05, 0.1) is 11.3 Å². The molecule has 0 radical (unpaired) electrons. The highest BCUT2D eigenvalue weighted by Gasteiger charge is 2.17. The zero-order valence-electron chi connectivity index (χ0n) is 15.8. The maximum Gasteiger partial charge on any atom is 0.163 e. The van der Waals surface area contributed by atoms with Gasteiger partial charge in [-0.2, -0.15) is 0 Å². The monoisotopic (exact) mass is 398 g/mol. The molecular weight excluding hydrogens is 380 g/mol. The molecule has 0 saturated carbocycles. The first kappa shape index (κ1) is 17.8. The molecule has 0 spiro atoms. The normalized spacial score (nSPS) is 13.3. The fraction of sp³-hybridized carbons (Fsp3) is 0.130. The van der Waals surface area contributed by atoms with E-state index in [0.29, 0.717) is 23.8 Å². The van der Waals surface area contributed by atoms with Crippen LogP contribution in [0.25, 0.3) is 33.4 Å². The van der Waals surface area contributed by atoms with Gasteiger partial charge in [-0.1, -0.05) is 18.2 Å². The van der Waals surface area contributed by atoms with Crippen LogP contribution in [0.5, 0.6) is 0 Å². The third kappa shape index (κ3) is 3.36. The van der Waals surface area contributed by atoms with Gasteiger partial charge in [0, 0.05) is 41.7 Å². The second-order valence-corrected chi connectivity index (χ2v) is 7.96. The van der Waals surface area contributed by atoms with E-state index in [2.05, 4.69) is 40.6 Å². The number of rotatable bonds is 3. The van der Waals surface area contributed by atoms with Gasteiger partial charge in [-0.15, -0.1) is 11.8 Å². The molecule has 0 atom stereocenters. The number of aromatic nitrogens is 3. The molecule has 1 N–H and O–H groups in total. The molecule has 2 aromatic heterocycles. The molecule has 0 amide bonds. The Balaban J connectivity index is 1.59. The van der Waals surface area contributed by atoms with E-state index >= 15 is 0 Å². The molecule has 0 bridgehead atoms. The highest BCUT2D eigenvalue weighted by Crippen LogP contribution is 2.34. The number of Topliss-reactive ketones (excluding diaryl/α,β-unsaturated/α-hetero) is 1. The topological polar surface area (TPSA) is 67.8 Å². The lowest BCUT2D eigenvalue weighted by atomic mass is 10.00. The van der Waals surface area contributed by atoms with Crippen LogP contribution >= 0.6 is 11.8 Å². The number of nitrogens with zero attached hydrogens (tertiary/aromatic N) is 3. The number of thioether (sulfide) groups is 1. The Kier molecular flexibility index (Phi) is 4.48. The summed E-state index contributed by atoms with van der Waals surface area (Å²) < 4.78 is 0. The van der Waals surface area contributed by atoms with Gasteiger partial charge in [0.25, 0.3) is 0 Å². The van der Waals surface area contributed by atoms with E-state index in [1.807, 2.05) is 25.2 Å². The van der Waals surface area contributed by atoms with Gasteiger partial charge in [-0.3, -0.25) is 9.78 Å². The SMILES string of the molecule is CNc1nc(-c2cccnc2)nc2ccc(-c3ccc4c(c3)SCC(=O)C4)cc12. The molecule has 5 nitrogen and oxygen atoms in total. The van der Waals surface area contributed by atoms with E-state index in [1.165, 1.54) is 4.90 Å². The minimum absolute atomic E-state index is 0.293. The van der Waals surface area contributed by atoms with Crippen LogP contribution in [0.3, 0.4) is 0 Å². The minimum atomic E-state index is 0.293. The van der Waals surface area contributed by atoms with E-state index in [1.54, 1.807) is 24.2 Å². The summed E-state index contributed by atoms with van der Waals surface area (Å²) in [5.74, 6) is 2.29. The van der Waals surface area contributed by atoms with Crippen molar-refractivity contribution in [1.82, 2.24) is 15.0 Å². The van der Waals surface area contributed by atoms with Crippen molar-refractivity contribution in [2.24, 2.45) is 0 Å². The van der Waals surface area contributed by atoms with E-state index in [4.69, 9.17) is 9.97 Å². The molecule has 0 saturated heterocycles. The highest BCUT2D eigenvalue weighted by molar-refractivity contribution is 8.00. The summed E-state index contributed by atoms with van der Waals surface area (Å²) in [4.78, 5) is 26.5. The van der Waals surface area contributed by atoms with Crippen molar-refractivity contribution in [3.63, 3.8) is 0 Å². The first-order valence-electron chi connectivity index (χ1n) is 9.39. The van der Waals surface area contributed by atoms with Crippen molar-refractivity contribution in [2.75, 3.05) is 18.1 Å². The Hall–Kier alpha value is -3.25. The molecule has 0 unspecified atom stereocenters. The van der Waals surface area contributed by atoms with Gasteiger partial charge >= 0.3 is 0 Å². The smallest absolute Gasteiger partial charge is 0.163 e. The maximum absolute atomic E-state index is 11.7. The Morgan fingerprint density at radius 2 is 1.86 bits per heavy atom. The summed E-state index contributed by atoms with van der Waals surface area (Å²) in [6.45, 7) is 0. The number of hydrogen-bond donors (Lipinski definition) is 1. The number of anilines is 1. The fourth-order valence-electron chi connectivity index (χ4n) is 3.56. The molecule has 2 aromatic carbocycles. The van der Waals surface area contributed by atoms with Crippen LogP contribution in [0, 0.1) is 0 Å². The Morgan fingerprint density at radius 3 is 2.69 bits per heavy atom. The number of nitrogens with one attached hydrogen (secondary N) is 1. The van der Waals surface area contributed by atoms with Crippen LogP contribution in [0.15, 0.2) is 65.8 Å². The molecular formula is C23H18N4OS. The van der Waals surface area contributed by atoms with Crippen molar-refractivity contribution >= 4 is 34.3 Å². The molecule has 4 aromatic rings. The zero-order chi connectivity index (χ0) is 19.8. The van der Waals surface area contributed by atoms with Gasteiger partial charge in [-0.25, -0.2) is 9.97 Å². The Bertz CT molecular complexity index is 1240. The predicted molar refractivity (Wildman–Crippen MR) is 117 cm³/mol. The Morgan fingerprint density at radius 1 is 1.00 bits per heavy atom. The lowest BCUT2D eigenvalue weighted by Gasteiger charge is -2.16. The number of ketones is 1. The second kappa shape index (κ2) is 7.29. The van der Waals surface area contributed by atoms with Crippen LogP contribution in [-0.2, 0) is 11.2 Å². The van der Waals surface area contributed by atoms with Gasteiger partial charge in [0.2, 0.25) is 0 Å². The standard InChI is InChI=1S/C23H18N4OS/c1-24-23-19-10-14(15-4-5-16-9-18(28)13-29-21(16)11-15)6-7-20(19)26-22(27-23)17-3-2-8-25-12-17/h2-8,10-12H,9,13H2,1H3,(H,24,26,27). The van der Waals surface area contributed by atoms with Crippen molar-refractivity contribution in [1.29, 1.82) is 0 Å². The van der Waals surface area contributed by atoms with E-state index in [0.717, 1.165) is 39.0 Å². The van der Waals surface area contributed by atoms with Crippen LogP contribution in [0.4, 0.5) is 5.82 Å². The minimum Gasteiger partial charge on any atom is -0.373 e. The first-order chi connectivity index (χ1) is 14.2. The number of benzene rings is 2. The van der Waals surface area contributed by atoms with Gasteiger partial charge in [0.15, 0.2) is 5.82 Å². The van der Waals surface area contributed by atoms with Crippen LogP contribution in [0.2, 0.25) is 0 Å². The summed E-state index contributed by atoms with van der Waals surface area (Å²) >= 11 is 1.62. The van der Waals surface area contributed by atoms with E-state index in [-0.39, 0.29) is 0 Å². The molecule has 0 aliphatic carbocycles. The average Bonchev–Trinajstić information content (AvgIpc) is 2.78. The van der Waals surface area contributed by atoms with Crippen molar-refractivity contribution in [3.8, 4) is 22.5 Å². The molecule has 0 fully saturated rings. The molecule has 6 heteroatoms. The fourth-order valence-corrected chi connectivity index (χ4v) is 4.51. The predicted octanol–water partition coefficient (Wildman–Crippen LogP) is 4.62. The Labute approximate surface area is 172 Å². The van der Waals surface area contributed by atoms with Gasteiger partial charge < -0.3 is 5.32 Å². The summed E-state index contributed by atoms with van der Waals surface area (Å²) in [5.41, 5.74) is 5.12. The molecule has 5 rings (SSSR count). The lowest BCUT2D eigenvalue weighted by Crippen LogP contribution is -2.11. The number of pyridine rings is 1. The third-order valence-electron chi connectivity index (χ3n) is 5.03. The number of hydrogen-bond acceptors (Lipinski definition) is 6. The number of carbonyl (C=O) groups excluding carboxylic acids is 1. The molecule has 142 valence electrons. The summed E-state index contributed by atoms with van der Waals surface area (Å²) in [5, 5.41) is 4.17. The highest BCUT2D eigenvalue weighted by atomic mass is 32.2. The zero-order valence-corrected chi connectivity index (χ0v) is 16.7. The van der Waals surface area contributed by atoms with Gasteiger partial charge in [-0.05, 0) is 47.0 Å². The number of fused-ring (bicyclic) bond motifs is 2. The van der Waals surface area contributed by atoms with Crippen molar-refractivity contribution in [2.45, 2.75) is 11.3 Å². The van der Waals surface area contributed by atoms with Crippen LogP contribution in [0.1, 0.15) is 5.56 Å². The number of carbonyl (C=O) groups is 1. The quantitative estimate of drug-likeness (QED) is 0.543. The molecule has 1 aliphatic heterocycles. The van der Waals surface area contributed by atoms with Crippen LogP contribution < -0.4 is 5.32 Å². The first-order valence-corrected chi connectivity index (χ1v) is 10.4. The third-order valence-corrected chi connectivity index (χ3v) is 6.19. The van der Waals surface area contributed by atoms with Gasteiger partial charge in [0.1, 0.15) is 11.6 Å². The second-order valence-electron chi connectivity index (χ2n) is 6.95.